The van der Waals surface area contributed by atoms with Crippen molar-refractivity contribution in [1.29, 1.82) is 0 Å². The smallest absolute Gasteiger partial charge is 0.337 e. The van der Waals surface area contributed by atoms with Gasteiger partial charge < -0.3 is 15.8 Å². The normalized spacial score (nSPS) is 10.3. The van der Waals surface area contributed by atoms with E-state index in [9.17, 15) is 9.59 Å². The minimum atomic E-state index is -0.447. The largest absolute Gasteiger partial charge is 0.465 e. The Bertz CT molecular complexity index is 1160. The highest BCUT2D eigenvalue weighted by molar-refractivity contribution is 6.07. The number of anilines is 1. The minimum absolute atomic E-state index is 0. The van der Waals surface area contributed by atoms with Crippen LogP contribution in [0.1, 0.15) is 57.1 Å². The molecule has 0 atom stereocenters. The van der Waals surface area contributed by atoms with Crippen molar-refractivity contribution >= 4 is 42.4 Å². The van der Waals surface area contributed by atoms with Gasteiger partial charge in [0.25, 0.3) is 5.91 Å². The molecule has 3 aromatic rings. The topological polar surface area (TPSA) is 94.3 Å². The van der Waals surface area contributed by atoms with E-state index in [1.165, 1.54) is 7.11 Å². The van der Waals surface area contributed by atoms with E-state index in [1.54, 1.807) is 24.3 Å². The number of nitrogens with one attached hydrogen (secondary N) is 1. The summed E-state index contributed by atoms with van der Waals surface area (Å²) < 4.78 is 4.73. The van der Waals surface area contributed by atoms with Crippen molar-refractivity contribution in [2.24, 2.45) is 11.7 Å². The first-order chi connectivity index (χ1) is 15.7. The molecule has 0 aliphatic heterocycles. The third-order valence-electron chi connectivity index (χ3n) is 5.52. The monoisotopic (exact) mass is 517 g/mol. The van der Waals surface area contributed by atoms with Crippen LogP contribution in [0.25, 0.3) is 11.1 Å². The molecule has 8 heteroatoms. The molecule has 0 spiro atoms. The Morgan fingerprint density at radius 2 is 1.54 bits per heavy atom. The molecule has 0 aliphatic rings. The van der Waals surface area contributed by atoms with Gasteiger partial charge >= 0.3 is 5.97 Å². The molecule has 1 aromatic heterocycles. The Labute approximate surface area is 219 Å². The van der Waals surface area contributed by atoms with Crippen LogP contribution in [0.3, 0.4) is 0 Å². The fourth-order valence-electron chi connectivity index (χ4n) is 3.83. The summed E-state index contributed by atoms with van der Waals surface area (Å²) in [4.78, 5) is 29.6. The van der Waals surface area contributed by atoms with Crippen LogP contribution >= 0.6 is 24.8 Å². The molecule has 35 heavy (non-hydrogen) atoms. The zero-order valence-electron chi connectivity index (χ0n) is 20.7. The number of carbonyl (C=O) groups excluding carboxylic acids is 2. The lowest BCUT2D eigenvalue weighted by Gasteiger charge is -2.21. The van der Waals surface area contributed by atoms with Crippen molar-refractivity contribution in [2.75, 3.05) is 12.4 Å². The molecule has 0 fully saturated rings. The van der Waals surface area contributed by atoms with E-state index < -0.39 is 5.97 Å². The molecule has 0 saturated carbocycles. The molecule has 0 saturated heterocycles. The van der Waals surface area contributed by atoms with Gasteiger partial charge in [0.2, 0.25) is 0 Å². The standard InChI is InChI=1S/C27H31N3O3.2ClH/c1-16(2)14-23-22(15-28)24(19-8-6-17(3)7-9-19)25(18(4)29-23)30-26(31)20-10-12-21(13-11-20)27(32)33-5;;/h6-13,16H,14-15,28H2,1-5H3,(H,30,31);2*1H. The minimum Gasteiger partial charge on any atom is -0.465 e. The lowest BCUT2D eigenvalue weighted by atomic mass is 9.92. The molecule has 3 N–H and O–H groups in total. The predicted octanol–water partition coefficient (Wildman–Crippen LogP) is 5.91. The first kappa shape index (κ1) is 30.1. The van der Waals surface area contributed by atoms with Crippen LogP contribution in [0, 0.1) is 19.8 Å². The lowest BCUT2D eigenvalue weighted by Crippen LogP contribution is -2.18. The van der Waals surface area contributed by atoms with Crippen molar-refractivity contribution in [2.45, 2.75) is 40.7 Å². The van der Waals surface area contributed by atoms with Crippen molar-refractivity contribution in [3.8, 4) is 11.1 Å². The summed E-state index contributed by atoms with van der Waals surface area (Å²) in [6.45, 7) is 8.55. The molecule has 0 bridgehead atoms. The molecule has 0 aliphatic carbocycles. The fourth-order valence-corrected chi connectivity index (χ4v) is 3.83. The molecule has 1 amide bonds. The SMILES string of the molecule is COC(=O)c1ccc(C(=O)Nc2c(C)nc(CC(C)C)c(CN)c2-c2ccc(C)cc2)cc1.Cl.Cl. The van der Waals surface area contributed by atoms with Gasteiger partial charge in [0.15, 0.2) is 0 Å². The zero-order valence-corrected chi connectivity index (χ0v) is 22.3. The fraction of sp³-hybridized carbons (Fsp3) is 0.296. The second kappa shape index (κ2) is 13.2. The number of rotatable bonds is 7. The Hall–Kier alpha value is -2.93. The van der Waals surface area contributed by atoms with Gasteiger partial charge in [-0.05, 0) is 61.6 Å². The summed E-state index contributed by atoms with van der Waals surface area (Å²) in [6.07, 6.45) is 0.801. The second-order valence-electron chi connectivity index (χ2n) is 8.56. The number of aryl methyl sites for hydroxylation is 2. The van der Waals surface area contributed by atoms with Gasteiger partial charge in [-0.15, -0.1) is 24.8 Å². The first-order valence-corrected chi connectivity index (χ1v) is 11.0. The number of methoxy groups -OCH3 is 1. The van der Waals surface area contributed by atoms with Crippen LogP contribution in [0.4, 0.5) is 5.69 Å². The van der Waals surface area contributed by atoms with Crippen LogP contribution in [0.2, 0.25) is 0 Å². The molecule has 6 nitrogen and oxygen atoms in total. The van der Waals surface area contributed by atoms with E-state index in [1.807, 2.05) is 38.1 Å². The van der Waals surface area contributed by atoms with E-state index >= 15 is 0 Å². The number of ether oxygens (including phenoxy) is 1. The number of esters is 1. The molecular weight excluding hydrogens is 485 g/mol. The maximum atomic E-state index is 13.1. The number of benzene rings is 2. The highest BCUT2D eigenvalue weighted by atomic mass is 35.5. The summed E-state index contributed by atoms with van der Waals surface area (Å²) in [5.41, 5.74) is 13.3. The quantitative estimate of drug-likeness (QED) is 0.380. The Morgan fingerprint density at radius 3 is 2.06 bits per heavy atom. The molecule has 0 radical (unpaired) electrons. The summed E-state index contributed by atoms with van der Waals surface area (Å²) >= 11 is 0. The molecule has 0 unspecified atom stereocenters. The van der Waals surface area contributed by atoms with Gasteiger partial charge in [0.1, 0.15) is 0 Å². The second-order valence-corrected chi connectivity index (χ2v) is 8.56. The third kappa shape index (κ3) is 7.04. The number of halogens is 2. The summed E-state index contributed by atoms with van der Waals surface area (Å²) in [5.74, 6) is -0.317. The van der Waals surface area contributed by atoms with Crippen LogP contribution in [-0.4, -0.2) is 24.0 Å². The first-order valence-electron chi connectivity index (χ1n) is 11.0. The third-order valence-corrected chi connectivity index (χ3v) is 5.52. The number of aromatic nitrogens is 1. The highest BCUT2D eigenvalue weighted by Crippen LogP contribution is 2.36. The average molecular weight is 518 g/mol. The highest BCUT2D eigenvalue weighted by Gasteiger charge is 2.21. The number of hydrogen-bond donors (Lipinski definition) is 2. The maximum absolute atomic E-state index is 13.1. The van der Waals surface area contributed by atoms with Crippen LogP contribution in [0.5, 0.6) is 0 Å². The maximum Gasteiger partial charge on any atom is 0.337 e. The predicted molar refractivity (Wildman–Crippen MR) is 146 cm³/mol. The number of pyridine rings is 1. The zero-order chi connectivity index (χ0) is 24.1. The Kier molecular flexibility index (Phi) is 11.4. The van der Waals surface area contributed by atoms with Gasteiger partial charge in [0.05, 0.1) is 24.1 Å². The van der Waals surface area contributed by atoms with E-state index in [0.717, 1.165) is 40.1 Å². The number of nitrogens with two attached hydrogens (primary N) is 1. The summed E-state index contributed by atoms with van der Waals surface area (Å²) in [6, 6.07) is 14.5. The van der Waals surface area contributed by atoms with Crippen LogP contribution < -0.4 is 11.1 Å². The molecular formula is C27H33Cl2N3O3. The van der Waals surface area contributed by atoms with Crippen molar-refractivity contribution in [3.63, 3.8) is 0 Å². The van der Waals surface area contributed by atoms with Crippen molar-refractivity contribution in [3.05, 3.63) is 82.2 Å². The molecule has 188 valence electrons. The van der Waals surface area contributed by atoms with E-state index in [-0.39, 0.29) is 30.7 Å². The Morgan fingerprint density at radius 1 is 0.971 bits per heavy atom. The lowest BCUT2D eigenvalue weighted by molar-refractivity contribution is 0.0600. The van der Waals surface area contributed by atoms with Crippen molar-refractivity contribution < 1.29 is 14.3 Å². The number of nitrogens with zero attached hydrogens (tertiary/aromatic N) is 1. The van der Waals surface area contributed by atoms with E-state index in [4.69, 9.17) is 15.5 Å². The van der Waals surface area contributed by atoms with Crippen LogP contribution in [-0.2, 0) is 17.7 Å². The molecule has 2 aromatic carbocycles. The Balaban J connectivity index is 0.00000306. The van der Waals surface area contributed by atoms with Gasteiger partial charge in [-0.1, -0.05) is 43.7 Å². The van der Waals surface area contributed by atoms with Gasteiger partial charge in [-0.2, -0.15) is 0 Å². The van der Waals surface area contributed by atoms with E-state index in [0.29, 0.717) is 29.3 Å². The van der Waals surface area contributed by atoms with Gasteiger partial charge in [-0.3, -0.25) is 9.78 Å². The van der Waals surface area contributed by atoms with Gasteiger partial charge in [0, 0.05) is 23.4 Å². The number of amides is 1. The average Bonchev–Trinajstić information content (AvgIpc) is 2.80. The van der Waals surface area contributed by atoms with E-state index in [2.05, 4.69) is 19.2 Å². The number of carbonyl (C=O) groups is 2. The summed E-state index contributed by atoms with van der Waals surface area (Å²) in [5, 5.41) is 3.05. The van der Waals surface area contributed by atoms with Crippen LogP contribution in [0.15, 0.2) is 48.5 Å². The van der Waals surface area contributed by atoms with Crippen molar-refractivity contribution in [1.82, 2.24) is 4.98 Å². The molecule has 3 rings (SSSR count). The van der Waals surface area contributed by atoms with Gasteiger partial charge in [-0.25, -0.2) is 4.79 Å². The number of hydrogen-bond acceptors (Lipinski definition) is 5. The summed E-state index contributed by atoms with van der Waals surface area (Å²) in [7, 11) is 1.32. The molecule has 1 heterocycles.